The first-order valence-corrected chi connectivity index (χ1v) is 8.02. The van der Waals surface area contributed by atoms with E-state index in [1.54, 1.807) is 37.3 Å². The maximum absolute atomic E-state index is 12.8. The Morgan fingerprint density at radius 2 is 1.96 bits per heavy atom. The molecule has 1 fully saturated rings. The Kier molecular flexibility index (Phi) is 4.62. The molecule has 7 heteroatoms. The van der Waals surface area contributed by atoms with Gasteiger partial charge >= 0.3 is 5.97 Å². The molecule has 0 bridgehead atoms. The molecule has 1 saturated heterocycles. The lowest BCUT2D eigenvalue weighted by Crippen LogP contribution is -2.35. The third-order valence-electron chi connectivity index (χ3n) is 4.29. The Labute approximate surface area is 150 Å². The summed E-state index contributed by atoms with van der Waals surface area (Å²) in [4.78, 5) is 37.5. The fourth-order valence-corrected chi connectivity index (χ4v) is 2.91. The van der Waals surface area contributed by atoms with Crippen LogP contribution in [0.2, 0.25) is 0 Å². The van der Waals surface area contributed by atoms with Crippen LogP contribution < -0.4 is 15.0 Å². The number of ether oxygens (including phenoxy) is 1. The van der Waals surface area contributed by atoms with Crippen molar-refractivity contribution in [1.29, 1.82) is 0 Å². The molecule has 0 spiro atoms. The van der Waals surface area contributed by atoms with E-state index in [9.17, 15) is 14.4 Å². The first-order chi connectivity index (χ1) is 12.4. The molecule has 0 aliphatic carbocycles. The number of hydrogen-bond donors (Lipinski definition) is 2. The van der Waals surface area contributed by atoms with Crippen molar-refractivity contribution in [3.63, 3.8) is 0 Å². The normalized spacial score (nSPS) is 16.7. The smallest absolute Gasteiger partial charge is 0.335 e. The molecule has 0 unspecified atom stereocenters. The van der Waals surface area contributed by atoms with E-state index in [4.69, 9.17) is 9.84 Å². The van der Waals surface area contributed by atoms with Crippen LogP contribution in [0.5, 0.6) is 5.75 Å². The van der Waals surface area contributed by atoms with E-state index in [1.165, 1.54) is 19.2 Å². The highest BCUT2D eigenvalue weighted by Gasteiger charge is 2.40. The number of methoxy groups -OCH3 is 1. The Balaban J connectivity index is 1.88. The maximum Gasteiger partial charge on any atom is 0.335 e. The van der Waals surface area contributed by atoms with Crippen LogP contribution in [0.3, 0.4) is 0 Å². The van der Waals surface area contributed by atoms with Crippen LogP contribution >= 0.6 is 0 Å². The number of benzene rings is 2. The van der Waals surface area contributed by atoms with Crippen molar-refractivity contribution < 1.29 is 24.2 Å². The zero-order valence-electron chi connectivity index (χ0n) is 14.4. The number of aromatic carboxylic acids is 1. The Morgan fingerprint density at radius 1 is 1.23 bits per heavy atom. The number of hydrogen-bond acceptors (Lipinski definition) is 5. The average Bonchev–Trinajstić information content (AvgIpc) is 2.90. The third kappa shape index (κ3) is 3.11. The summed E-state index contributed by atoms with van der Waals surface area (Å²) in [5.41, 5.74) is 1.80. The van der Waals surface area contributed by atoms with Gasteiger partial charge in [0.2, 0.25) is 5.91 Å². The number of para-hydroxylation sites is 2. The van der Waals surface area contributed by atoms with Crippen LogP contribution in [0.4, 0.5) is 11.4 Å². The second-order valence-corrected chi connectivity index (χ2v) is 5.98. The highest BCUT2D eigenvalue weighted by atomic mass is 16.5. The standard InChI is InChI=1S/C19H18N2O5/c1-11-7-8-12(19(24)25)9-13(11)20-14-10-17(22)21(18(14)23)15-5-3-4-6-16(15)26-2/h3-9,14,20H,10H2,1-2H3,(H,24,25)/t14-/m0/s1. The monoisotopic (exact) mass is 354 g/mol. The van der Waals surface area contributed by atoms with Gasteiger partial charge in [0, 0.05) is 5.69 Å². The largest absolute Gasteiger partial charge is 0.495 e. The topological polar surface area (TPSA) is 95.9 Å². The highest BCUT2D eigenvalue weighted by Crippen LogP contribution is 2.33. The van der Waals surface area contributed by atoms with E-state index in [-0.39, 0.29) is 17.9 Å². The SMILES string of the molecule is COc1ccccc1N1C(=O)C[C@H](Nc2cc(C(=O)O)ccc2C)C1=O. The second-order valence-electron chi connectivity index (χ2n) is 5.98. The minimum atomic E-state index is -1.06. The zero-order chi connectivity index (χ0) is 18.8. The number of imide groups is 1. The third-order valence-corrected chi connectivity index (χ3v) is 4.29. The summed E-state index contributed by atoms with van der Waals surface area (Å²) in [5.74, 6) is -1.37. The molecule has 2 amide bonds. The van der Waals surface area contributed by atoms with E-state index >= 15 is 0 Å². The molecular weight excluding hydrogens is 336 g/mol. The van der Waals surface area contributed by atoms with E-state index in [0.29, 0.717) is 17.1 Å². The summed E-state index contributed by atoms with van der Waals surface area (Å²) >= 11 is 0. The molecule has 0 saturated carbocycles. The van der Waals surface area contributed by atoms with Gasteiger partial charge in [-0.05, 0) is 36.8 Å². The number of carboxylic acid groups (broad SMARTS) is 1. The van der Waals surface area contributed by atoms with Crippen LogP contribution in [-0.4, -0.2) is 36.0 Å². The van der Waals surface area contributed by atoms with Gasteiger partial charge in [-0.1, -0.05) is 18.2 Å². The number of carbonyl (C=O) groups excluding carboxylic acids is 2. The molecule has 134 valence electrons. The van der Waals surface area contributed by atoms with Gasteiger partial charge in [0.05, 0.1) is 24.8 Å². The maximum atomic E-state index is 12.8. The molecule has 0 radical (unpaired) electrons. The molecular formula is C19H18N2O5. The first-order valence-electron chi connectivity index (χ1n) is 8.02. The number of anilines is 2. The molecule has 1 aliphatic heterocycles. The van der Waals surface area contributed by atoms with Crippen LogP contribution in [0.15, 0.2) is 42.5 Å². The van der Waals surface area contributed by atoms with Gasteiger partial charge in [0.1, 0.15) is 11.8 Å². The summed E-state index contributed by atoms with van der Waals surface area (Å²) in [7, 11) is 1.47. The summed E-state index contributed by atoms with van der Waals surface area (Å²) in [5, 5.41) is 12.1. The van der Waals surface area contributed by atoms with Crippen LogP contribution in [0.1, 0.15) is 22.3 Å². The molecule has 3 rings (SSSR count). The number of nitrogens with zero attached hydrogens (tertiary/aromatic N) is 1. The molecule has 26 heavy (non-hydrogen) atoms. The number of rotatable bonds is 5. The van der Waals surface area contributed by atoms with Crippen LogP contribution in [0, 0.1) is 6.92 Å². The predicted molar refractivity (Wildman–Crippen MR) is 95.7 cm³/mol. The van der Waals surface area contributed by atoms with Gasteiger partial charge in [-0.25, -0.2) is 9.69 Å². The number of carbonyl (C=O) groups is 3. The van der Waals surface area contributed by atoms with Crippen molar-refractivity contribution >= 4 is 29.2 Å². The summed E-state index contributed by atoms with van der Waals surface area (Å²) in [6.45, 7) is 1.80. The minimum Gasteiger partial charge on any atom is -0.495 e. The fraction of sp³-hybridized carbons (Fsp3) is 0.211. The lowest BCUT2D eigenvalue weighted by molar-refractivity contribution is -0.121. The van der Waals surface area contributed by atoms with E-state index in [2.05, 4.69) is 5.32 Å². The van der Waals surface area contributed by atoms with Gasteiger partial charge in [-0.15, -0.1) is 0 Å². The lowest BCUT2D eigenvalue weighted by Gasteiger charge is -2.19. The molecule has 1 atom stereocenters. The van der Waals surface area contributed by atoms with Crippen LogP contribution in [-0.2, 0) is 9.59 Å². The highest BCUT2D eigenvalue weighted by molar-refractivity contribution is 6.23. The Morgan fingerprint density at radius 3 is 2.65 bits per heavy atom. The lowest BCUT2D eigenvalue weighted by atomic mass is 10.1. The van der Waals surface area contributed by atoms with E-state index in [0.717, 1.165) is 10.5 Å². The summed E-state index contributed by atoms with van der Waals surface area (Å²) in [6, 6.07) is 10.6. The van der Waals surface area contributed by atoms with E-state index in [1.807, 2.05) is 0 Å². The molecule has 2 N–H and O–H groups in total. The molecule has 0 aromatic heterocycles. The molecule has 1 aliphatic rings. The number of amides is 2. The molecule has 2 aromatic carbocycles. The zero-order valence-corrected chi connectivity index (χ0v) is 14.4. The van der Waals surface area contributed by atoms with Crippen molar-refractivity contribution in [1.82, 2.24) is 0 Å². The van der Waals surface area contributed by atoms with Crippen molar-refractivity contribution in [2.75, 3.05) is 17.3 Å². The van der Waals surface area contributed by atoms with E-state index < -0.39 is 17.9 Å². The van der Waals surface area contributed by atoms with Gasteiger partial charge in [-0.2, -0.15) is 0 Å². The van der Waals surface area contributed by atoms with Gasteiger partial charge < -0.3 is 15.2 Å². The molecule has 7 nitrogen and oxygen atoms in total. The Bertz CT molecular complexity index is 893. The minimum absolute atomic E-state index is 0.0202. The van der Waals surface area contributed by atoms with Crippen molar-refractivity contribution in [3.8, 4) is 5.75 Å². The van der Waals surface area contributed by atoms with Gasteiger partial charge in [-0.3, -0.25) is 9.59 Å². The molecule has 2 aromatic rings. The average molecular weight is 354 g/mol. The van der Waals surface area contributed by atoms with Crippen molar-refractivity contribution in [2.24, 2.45) is 0 Å². The van der Waals surface area contributed by atoms with Gasteiger partial charge in [0.25, 0.3) is 5.91 Å². The quantitative estimate of drug-likeness (QED) is 0.801. The van der Waals surface area contributed by atoms with Crippen molar-refractivity contribution in [2.45, 2.75) is 19.4 Å². The fourth-order valence-electron chi connectivity index (χ4n) is 2.91. The first kappa shape index (κ1) is 17.5. The van der Waals surface area contributed by atoms with Gasteiger partial charge in [0.15, 0.2) is 0 Å². The Hall–Kier alpha value is -3.35. The number of carboxylic acids is 1. The predicted octanol–water partition coefficient (Wildman–Crippen LogP) is 2.45. The second kappa shape index (κ2) is 6.87. The number of nitrogens with one attached hydrogen (secondary N) is 1. The summed E-state index contributed by atoms with van der Waals surface area (Å²) in [6.07, 6.45) is -0.0202. The number of aryl methyl sites for hydroxylation is 1. The molecule has 1 heterocycles. The van der Waals surface area contributed by atoms with Crippen LogP contribution in [0.25, 0.3) is 0 Å². The van der Waals surface area contributed by atoms with Crippen molar-refractivity contribution in [3.05, 3.63) is 53.6 Å². The summed E-state index contributed by atoms with van der Waals surface area (Å²) < 4.78 is 5.24.